The number of amides is 2. The lowest BCUT2D eigenvalue weighted by Gasteiger charge is -2.37. The number of hydrogen-bond donors (Lipinski definition) is 1. The molecular formula is C20H21ClF4N2O5. The van der Waals surface area contributed by atoms with Crippen molar-refractivity contribution >= 4 is 23.6 Å². The van der Waals surface area contributed by atoms with Gasteiger partial charge < -0.3 is 14.8 Å². The van der Waals surface area contributed by atoms with Crippen LogP contribution in [0.5, 0.6) is 5.75 Å². The Kier molecular flexibility index (Phi) is 7.50. The number of carbonyl (C=O) groups is 2. The summed E-state index contributed by atoms with van der Waals surface area (Å²) in [7, 11) is 0. The highest BCUT2D eigenvalue weighted by atomic mass is 35.5. The second-order valence-electron chi connectivity index (χ2n) is 7.48. The normalized spacial score (nSPS) is 22.8. The summed E-state index contributed by atoms with van der Waals surface area (Å²) in [6.07, 6.45) is -6.19. The molecule has 1 aliphatic heterocycles. The summed E-state index contributed by atoms with van der Waals surface area (Å²) in [5.74, 6) is -1.18. The standard InChI is InChI=1S/C20H21ClF4N2O5/c1-11(4-5-26-18(28)10-30-13-2-3-15(21)16(22)8-13)27-9-17(31-19(27)29)12-6-14(7-12)32-20(23,24)25/h2-3,8,12,14,17H,1,4-7,9-10H2,(H,26,28)/t12?,14?,17-/m1/s1. The number of carbonyl (C=O) groups excluding carboxylic acids is 2. The van der Waals surface area contributed by atoms with Gasteiger partial charge in [-0.05, 0) is 25.0 Å². The van der Waals surface area contributed by atoms with E-state index in [0.717, 1.165) is 6.07 Å². The number of nitrogens with one attached hydrogen (secondary N) is 1. The molecule has 1 aliphatic carbocycles. The Bertz CT molecular complexity index is 876. The first-order chi connectivity index (χ1) is 15.0. The largest absolute Gasteiger partial charge is 0.522 e. The molecule has 0 bridgehead atoms. The number of halogens is 5. The lowest BCUT2D eigenvalue weighted by atomic mass is 9.78. The van der Waals surface area contributed by atoms with Crippen LogP contribution in [-0.4, -0.2) is 55.2 Å². The van der Waals surface area contributed by atoms with Crippen LogP contribution in [0.3, 0.4) is 0 Å². The number of cyclic esters (lactones) is 1. The van der Waals surface area contributed by atoms with E-state index in [1.807, 2.05) is 0 Å². The van der Waals surface area contributed by atoms with E-state index in [2.05, 4.69) is 16.6 Å². The number of nitrogens with zero attached hydrogens (tertiary/aromatic N) is 1. The molecule has 32 heavy (non-hydrogen) atoms. The molecule has 7 nitrogen and oxygen atoms in total. The zero-order chi connectivity index (χ0) is 23.5. The molecular weight excluding hydrogens is 460 g/mol. The van der Waals surface area contributed by atoms with Crippen LogP contribution >= 0.6 is 11.6 Å². The molecule has 1 aromatic rings. The third-order valence-corrected chi connectivity index (χ3v) is 5.48. The minimum absolute atomic E-state index is 0.0604. The summed E-state index contributed by atoms with van der Waals surface area (Å²) in [5.41, 5.74) is 0.404. The van der Waals surface area contributed by atoms with E-state index in [4.69, 9.17) is 21.1 Å². The topological polar surface area (TPSA) is 77.1 Å². The Hall–Kier alpha value is -2.53. The second-order valence-corrected chi connectivity index (χ2v) is 7.89. The van der Waals surface area contributed by atoms with Gasteiger partial charge in [-0.15, -0.1) is 13.2 Å². The lowest BCUT2D eigenvalue weighted by Crippen LogP contribution is -2.42. The molecule has 0 radical (unpaired) electrons. The zero-order valence-electron chi connectivity index (χ0n) is 16.8. The van der Waals surface area contributed by atoms with Gasteiger partial charge in [-0.1, -0.05) is 18.2 Å². The van der Waals surface area contributed by atoms with Crippen molar-refractivity contribution in [3.8, 4) is 5.75 Å². The molecule has 1 saturated heterocycles. The van der Waals surface area contributed by atoms with Crippen LogP contribution in [0.4, 0.5) is 22.4 Å². The van der Waals surface area contributed by atoms with E-state index < -0.39 is 36.4 Å². The number of benzene rings is 1. The Morgan fingerprint density at radius 3 is 2.72 bits per heavy atom. The van der Waals surface area contributed by atoms with Gasteiger partial charge >= 0.3 is 12.5 Å². The van der Waals surface area contributed by atoms with Gasteiger partial charge in [0.15, 0.2) is 6.61 Å². The van der Waals surface area contributed by atoms with E-state index in [9.17, 15) is 27.2 Å². The van der Waals surface area contributed by atoms with Crippen molar-refractivity contribution in [3.63, 3.8) is 0 Å². The van der Waals surface area contributed by atoms with Gasteiger partial charge in [0.25, 0.3) is 5.91 Å². The van der Waals surface area contributed by atoms with Crippen molar-refractivity contribution < 1.29 is 41.4 Å². The van der Waals surface area contributed by atoms with Crippen molar-refractivity contribution in [3.05, 3.63) is 41.3 Å². The van der Waals surface area contributed by atoms with E-state index in [0.29, 0.717) is 5.70 Å². The van der Waals surface area contributed by atoms with Gasteiger partial charge in [0.05, 0.1) is 17.7 Å². The van der Waals surface area contributed by atoms with E-state index in [-0.39, 0.29) is 55.6 Å². The van der Waals surface area contributed by atoms with E-state index >= 15 is 0 Å². The third kappa shape index (κ3) is 6.49. The third-order valence-electron chi connectivity index (χ3n) is 5.17. The van der Waals surface area contributed by atoms with Gasteiger partial charge in [-0.25, -0.2) is 9.18 Å². The summed E-state index contributed by atoms with van der Waals surface area (Å²) >= 11 is 5.57. The lowest BCUT2D eigenvalue weighted by molar-refractivity contribution is -0.355. The highest BCUT2D eigenvalue weighted by Gasteiger charge is 2.47. The molecule has 2 amide bonds. The molecule has 176 valence electrons. The van der Waals surface area contributed by atoms with Gasteiger partial charge in [0.2, 0.25) is 0 Å². The quantitative estimate of drug-likeness (QED) is 0.540. The van der Waals surface area contributed by atoms with Crippen molar-refractivity contribution in [1.82, 2.24) is 10.2 Å². The minimum atomic E-state index is -4.68. The Balaban J connectivity index is 1.34. The Morgan fingerprint density at radius 2 is 2.06 bits per heavy atom. The average Bonchev–Trinajstić information content (AvgIpc) is 3.05. The maximum Gasteiger partial charge on any atom is 0.522 e. The highest BCUT2D eigenvalue weighted by Crippen LogP contribution is 2.39. The molecule has 1 atom stereocenters. The van der Waals surface area contributed by atoms with Crippen molar-refractivity contribution in [2.75, 3.05) is 19.7 Å². The number of rotatable bonds is 9. The van der Waals surface area contributed by atoms with Crippen LogP contribution in [0.15, 0.2) is 30.5 Å². The van der Waals surface area contributed by atoms with Crippen LogP contribution in [0.2, 0.25) is 5.02 Å². The molecule has 0 aromatic heterocycles. The molecule has 2 fully saturated rings. The van der Waals surface area contributed by atoms with E-state index in [1.165, 1.54) is 17.0 Å². The molecule has 1 N–H and O–H groups in total. The summed E-state index contributed by atoms with van der Waals surface area (Å²) in [5, 5.41) is 2.53. The molecule has 1 aromatic carbocycles. The van der Waals surface area contributed by atoms with Gasteiger partial charge in [-0.2, -0.15) is 0 Å². The first-order valence-electron chi connectivity index (χ1n) is 9.77. The molecule has 1 heterocycles. The Morgan fingerprint density at radius 1 is 1.34 bits per heavy atom. The molecule has 0 unspecified atom stereocenters. The SMILES string of the molecule is C=C(CCNC(=O)COc1ccc(Cl)c(F)c1)N1C[C@H](C2CC(OC(F)(F)F)C2)OC1=O. The molecule has 3 rings (SSSR count). The van der Waals surface area contributed by atoms with Gasteiger partial charge in [0.1, 0.15) is 17.7 Å². The predicted molar refractivity (Wildman–Crippen MR) is 104 cm³/mol. The van der Waals surface area contributed by atoms with Crippen LogP contribution in [-0.2, 0) is 14.3 Å². The fourth-order valence-corrected chi connectivity index (χ4v) is 3.55. The fourth-order valence-electron chi connectivity index (χ4n) is 3.43. The monoisotopic (exact) mass is 480 g/mol. The first kappa shape index (κ1) is 24.1. The number of ether oxygens (including phenoxy) is 3. The molecule has 2 aliphatic rings. The summed E-state index contributed by atoms with van der Waals surface area (Å²) in [4.78, 5) is 25.3. The molecule has 12 heteroatoms. The summed E-state index contributed by atoms with van der Waals surface area (Å²) < 4.78 is 64.4. The number of hydrogen-bond acceptors (Lipinski definition) is 5. The van der Waals surface area contributed by atoms with Crippen LogP contribution < -0.4 is 10.1 Å². The zero-order valence-corrected chi connectivity index (χ0v) is 17.5. The van der Waals surface area contributed by atoms with Crippen LogP contribution in [0.25, 0.3) is 0 Å². The van der Waals surface area contributed by atoms with Crippen LogP contribution in [0.1, 0.15) is 19.3 Å². The maximum atomic E-state index is 13.3. The minimum Gasteiger partial charge on any atom is -0.484 e. The van der Waals surface area contributed by atoms with Gasteiger partial charge in [0, 0.05) is 30.6 Å². The van der Waals surface area contributed by atoms with Crippen molar-refractivity contribution in [1.29, 1.82) is 0 Å². The maximum absolute atomic E-state index is 13.3. The second kappa shape index (κ2) is 9.95. The van der Waals surface area contributed by atoms with Gasteiger partial charge in [-0.3, -0.25) is 14.4 Å². The van der Waals surface area contributed by atoms with Crippen LogP contribution in [0, 0.1) is 11.7 Å². The average molecular weight is 481 g/mol. The summed E-state index contributed by atoms with van der Waals surface area (Å²) in [6, 6.07) is 3.80. The highest BCUT2D eigenvalue weighted by molar-refractivity contribution is 6.30. The molecule has 0 spiro atoms. The summed E-state index contributed by atoms with van der Waals surface area (Å²) in [6.45, 7) is 3.81. The Labute approximate surface area is 186 Å². The first-order valence-corrected chi connectivity index (χ1v) is 10.1. The van der Waals surface area contributed by atoms with Crippen molar-refractivity contribution in [2.24, 2.45) is 5.92 Å². The molecule has 1 saturated carbocycles. The smallest absolute Gasteiger partial charge is 0.484 e. The fraction of sp³-hybridized carbons (Fsp3) is 0.500. The van der Waals surface area contributed by atoms with E-state index in [1.54, 1.807) is 0 Å². The number of alkyl halides is 3. The van der Waals surface area contributed by atoms with Crippen molar-refractivity contribution in [2.45, 2.75) is 37.8 Å². The predicted octanol–water partition coefficient (Wildman–Crippen LogP) is 4.01.